The zero-order valence-corrected chi connectivity index (χ0v) is 15.5. The summed E-state index contributed by atoms with van der Waals surface area (Å²) in [7, 11) is 1.30. The van der Waals surface area contributed by atoms with Crippen LogP contribution in [-0.4, -0.2) is 36.5 Å². The fraction of sp³-hybridized carbons (Fsp3) is 0.158. The third kappa shape index (κ3) is 4.12. The number of fused-ring (bicyclic) bond motifs is 1. The lowest BCUT2D eigenvalue weighted by atomic mass is 10.1. The van der Waals surface area contributed by atoms with Crippen molar-refractivity contribution in [1.29, 1.82) is 0 Å². The van der Waals surface area contributed by atoms with Crippen molar-refractivity contribution in [3.63, 3.8) is 0 Å². The van der Waals surface area contributed by atoms with Crippen LogP contribution in [0, 0.1) is 0 Å². The second kappa shape index (κ2) is 7.96. The van der Waals surface area contributed by atoms with Crippen LogP contribution in [-0.2, 0) is 9.47 Å². The first-order valence-corrected chi connectivity index (χ1v) is 8.91. The van der Waals surface area contributed by atoms with Crippen LogP contribution in [0.15, 0.2) is 42.5 Å². The highest BCUT2D eigenvalue weighted by Crippen LogP contribution is 2.27. The Kier molecular flexibility index (Phi) is 5.46. The van der Waals surface area contributed by atoms with Gasteiger partial charge in [0.25, 0.3) is 5.91 Å². The Balaban J connectivity index is 1.76. The van der Waals surface area contributed by atoms with Crippen LogP contribution in [0.2, 0.25) is 0 Å². The predicted octanol–water partition coefficient (Wildman–Crippen LogP) is 3.51. The van der Waals surface area contributed by atoms with E-state index in [0.29, 0.717) is 33.9 Å². The van der Waals surface area contributed by atoms with Crippen LogP contribution in [0.4, 0.5) is 5.13 Å². The molecule has 7 nitrogen and oxygen atoms in total. The summed E-state index contributed by atoms with van der Waals surface area (Å²) < 4.78 is 10.4. The number of carbonyl (C=O) groups is 3. The van der Waals surface area contributed by atoms with Crippen LogP contribution in [0.25, 0.3) is 10.2 Å². The average molecular weight is 384 g/mol. The molecule has 2 aromatic carbocycles. The lowest BCUT2D eigenvalue weighted by Crippen LogP contribution is -2.12. The SMILES string of the molecule is CCOC(=O)c1ccc2nc(NC(=O)c3ccc(C(=O)OC)cc3)sc2c1. The van der Waals surface area contributed by atoms with Gasteiger partial charge in [0.15, 0.2) is 5.13 Å². The largest absolute Gasteiger partial charge is 0.465 e. The normalized spacial score (nSPS) is 10.4. The predicted molar refractivity (Wildman–Crippen MR) is 101 cm³/mol. The molecule has 0 spiro atoms. The number of anilines is 1. The van der Waals surface area contributed by atoms with Crippen LogP contribution >= 0.6 is 11.3 Å². The Morgan fingerprint density at radius 3 is 2.33 bits per heavy atom. The van der Waals surface area contributed by atoms with Gasteiger partial charge in [-0.05, 0) is 49.4 Å². The minimum atomic E-state index is -0.467. The fourth-order valence-electron chi connectivity index (χ4n) is 2.36. The molecule has 0 bridgehead atoms. The molecule has 8 heteroatoms. The van der Waals surface area contributed by atoms with Crippen LogP contribution in [0.3, 0.4) is 0 Å². The second-order valence-corrected chi connectivity index (χ2v) is 6.48. The molecule has 27 heavy (non-hydrogen) atoms. The van der Waals surface area contributed by atoms with Crippen molar-refractivity contribution in [2.75, 3.05) is 19.0 Å². The van der Waals surface area contributed by atoms with E-state index in [9.17, 15) is 14.4 Å². The smallest absolute Gasteiger partial charge is 0.338 e. The molecule has 0 fully saturated rings. The molecule has 0 saturated heterocycles. The second-order valence-electron chi connectivity index (χ2n) is 5.45. The topological polar surface area (TPSA) is 94.6 Å². The Hall–Kier alpha value is -3.26. The van der Waals surface area contributed by atoms with Gasteiger partial charge in [-0.15, -0.1) is 0 Å². The van der Waals surface area contributed by atoms with Gasteiger partial charge in [-0.2, -0.15) is 0 Å². The van der Waals surface area contributed by atoms with Gasteiger partial charge in [0, 0.05) is 5.56 Å². The van der Waals surface area contributed by atoms with E-state index in [1.807, 2.05) is 0 Å². The summed E-state index contributed by atoms with van der Waals surface area (Å²) in [5.74, 6) is -1.22. The molecule has 0 unspecified atom stereocenters. The summed E-state index contributed by atoms with van der Waals surface area (Å²) in [6, 6.07) is 11.1. The monoisotopic (exact) mass is 384 g/mol. The summed E-state index contributed by atoms with van der Waals surface area (Å²) in [6.07, 6.45) is 0. The Morgan fingerprint density at radius 1 is 1.00 bits per heavy atom. The quantitative estimate of drug-likeness (QED) is 0.677. The molecule has 0 aliphatic heterocycles. The number of ether oxygens (including phenoxy) is 2. The Morgan fingerprint density at radius 2 is 1.67 bits per heavy atom. The molecule has 1 aromatic heterocycles. The lowest BCUT2D eigenvalue weighted by molar-refractivity contribution is 0.0525. The van der Waals surface area contributed by atoms with Crippen molar-refractivity contribution in [1.82, 2.24) is 4.98 Å². The highest BCUT2D eigenvalue weighted by molar-refractivity contribution is 7.22. The van der Waals surface area contributed by atoms with Gasteiger partial charge in [-0.3, -0.25) is 10.1 Å². The molecular weight excluding hydrogens is 368 g/mol. The van der Waals surface area contributed by atoms with Crippen LogP contribution in [0.5, 0.6) is 0 Å². The van der Waals surface area contributed by atoms with Crippen molar-refractivity contribution in [3.05, 3.63) is 59.2 Å². The van der Waals surface area contributed by atoms with Crippen LogP contribution in [0.1, 0.15) is 38.0 Å². The minimum absolute atomic E-state index is 0.301. The number of amides is 1. The highest BCUT2D eigenvalue weighted by Gasteiger charge is 2.13. The molecule has 3 aromatic rings. The van der Waals surface area contributed by atoms with E-state index < -0.39 is 11.9 Å². The van der Waals surface area contributed by atoms with Gasteiger partial charge in [-0.25, -0.2) is 14.6 Å². The van der Waals surface area contributed by atoms with Crippen molar-refractivity contribution >= 4 is 44.5 Å². The van der Waals surface area contributed by atoms with Gasteiger partial charge in [0.1, 0.15) is 0 Å². The number of thiazole rings is 1. The van der Waals surface area contributed by atoms with Gasteiger partial charge in [0.05, 0.1) is 35.1 Å². The summed E-state index contributed by atoms with van der Waals surface area (Å²) in [4.78, 5) is 40.0. The lowest BCUT2D eigenvalue weighted by Gasteiger charge is -2.03. The first-order chi connectivity index (χ1) is 13.0. The maximum absolute atomic E-state index is 12.4. The van der Waals surface area contributed by atoms with E-state index in [-0.39, 0.29) is 5.91 Å². The summed E-state index contributed by atoms with van der Waals surface area (Å²) >= 11 is 1.26. The van der Waals surface area contributed by atoms with Crippen molar-refractivity contribution in [2.24, 2.45) is 0 Å². The number of hydrogen-bond donors (Lipinski definition) is 1. The van der Waals surface area contributed by atoms with Gasteiger partial charge in [-0.1, -0.05) is 11.3 Å². The van der Waals surface area contributed by atoms with E-state index in [2.05, 4.69) is 15.0 Å². The Labute approximate surface area is 158 Å². The van der Waals surface area contributed by atoms with Gasteiger partial charge in [0.2, 0.25) is 0 Å². The Bertz CT molecular complexity index is 1010. The fourth-order valence-corrected chi connectivity index (χ4v) is 3.26. The van der Waals surface area contributed by atoms with E-state index in [0.717, 1.165) is 4.70 Å². The summed E-state index contributed by atoms with van der Waals surface area (Å²) in [5, 5.41) is 3.13. The maximum Gasteiger partial charge on any atom is 0.338 e. The molecule has 138 valence electrons. The average Bonchev–Trinajstić information content (AvgIpc) is 3.09. The minimum Gasteiger partial charge on any atom is -0.465 e. The van der Waals surface area contributed by atoms with E-state index in [1.165, 1.54) is 42.7 Å². The molecule has 3 rings (SSSR count). The van der Waals surface area contributed by atoms with Gasteiger partial charge >= 0.3 is 11.9 Å². The number of hydrogen-bond acceptors (Lipinski definition) is 7. The molecule has 1 amide bonds. The van der Waals surface area contributed by atoms with Crippen molar-refractivity contribution in [3.8, 4) is 0 Å². The van der Waals surface area contributed by atoms with Gasteiger partial charge < -0.3 is 9.47 Å². The summed E-state index contributed by atoms with van der Waals surface area (Å²) in [6.45, 7) is 2.05. The maximum atomic E-state index is 12.4. The van der Waals surface area contributed by atoms with E-state index in [1.54, 1.807) is 25.1 Å². The number of nitrogens with zero attached hydrogens (tertiary/aromatic N) is 1. The van der Waals surface area contributed by atoms with Crippen LogP contribution < -0.4 is 5.32 Å². The molecular formula is C19H16N2O5S. The number of esters is 2. The number of benzene rings is 2. The van der Waals surface area contributed by atoms with Crippen molar-refractivity contribution < 1.29 is 23.9 Å². The highest BCUT2D eigenvalue weighted by atomic mass is 32.1. The molecule has 1 N–H and O–H groups in total. The molecule has 0 radical (unpaired) electrons. The standard InChI is InChI=1S/C19H16N2O5S/c1-3-26-18(24)13-8-9-14-15(10-13)27-19(20-14)21-16(22)11-4-6-12(7-5-11)17(23)25-2/h4-10H,3H2,1-2H3,(H,20,21,22). The number of methoxy groups -OCH3 is 1. The third-order valence-corrected chi connectivity index (χ3v) is 4.62. The third-order valence-electron chi connectivity index (χ3n) is 3.69. The molecule has 1 heterocycles. The van der Waals surface area contributed by atoms with E-state index >= 15 is 0 Å². The first-order valence-electron chi connectivity index (χ1n) is 8.09. The molecule has 0 atom stereocenters. The van der Waals surface area contributed by atoms with Crippen molar-refractivity contribution in [2.45, 2.75) is 6.92 Å². The molecule has 0 saturated carbocycles. The summed E-state index contributed by atoms with van der Waals surface area (Å²) in [5.41, 5.74) is 1.85. The zero-order valence-electron chi connectivity index (χ0n) is 14.6. The number of aromatic nitrogens is 1. The molecule has 0 aliphatic rings. The number of rotatable bonds is 5. The zero-order chi connectivity index (χ0) is 19.4. The number of nitrogens with one attached hydrogen (secondary N) is 1. The number of carbonyl (C=O) groups excluding carboxylic acids is 3. The van der Waals surface area contributed by atoms with E-state index in [4.69, 9.17) is 4.74 Å². The molecule has 0 aliphatic carbocycles. The first kappa shape index (κ1) is 18.5.